The highest BCUT2D eigenvalue weighted by molar-refractivity contribution is 5.94. The monoisotopic (exact) mass is 373 g/mol. The summed E-state index contributed by atoms with van der Waals surface area (Å²) in [5.74, 6) is -0.659. The van der Waals surface area contributed by atoms with E-state index in [2.05, 4.69) is 0 Å². The zero-order valence-electron chi connectivity index (χ0n) is 14.3. The molecule has 1 heterocycles. The summed E-state index contributed by atoms with van der Waals surface area (Å²) in [5, 5.41) is 0. The predicted molar refractivity (Wildman–Crippen MR) is 95.2 cm³/mol. The number of hydrogen-bond donors (Lipinski definition) is 1. The van der Waals surface area contributed by atoms with E-state index in [1.807, 2.05) is 0 Å². The number of hydrogen-bond acceptors (Lipinski definition) is 4. The molecule has 2 rings (SSSR count). The molecule has 0 aliphatic carbocycles. The predicted octanol–water partition coefficient (Wildman–Crippen LogP) is 1.29. The van der Waals surface area contributed by atoms with Crippen molar-refractivity contribution in [3.8, 4) is 0 Å². The Morgan fingerprint density at radius 2 is 1.92 bits per heavy atom. The molecule has 0 aromatic heterocycles. The molecule has 0 spiro atoms. The van der Waals surface area contributed by atoms with Gasteiger partial charge in [0.2, 0.25) is 5.91 Å². The Labute approximate surface area is 153 Å². The topological polar surface area (TPSA) is 75.9 Å². The highest BCUT2D eigenvalue weighted by Gasteiger charge is 2.24. The lowest BCUT2D eigenvalue weighted by atomic mass is 10.2. The van der Waals surface area contributed by atoms with Gasteiger partial charge >= 0.3 is 0 Å². The van der Waals surface area contributed by atoms with Crippen molar-refractivity contribution in [3.05, 3.63) is 35.6 Å². The fourth-order valence-electron chi connectivity index (χ4n) is 2.76. The first-order valence-corrected chi connectivity index (χ1v) is 8.10. The molecule has 25 heavy (non-hydrogen) atoms. The molecule has 1 aliphatic heterocycles. The summed E-state index contributed by atoms with van der Waals surface area (Å²) in [5.41, 5.74) is 5.88. The van der Waals surface area contributed by atoms with Crippen molar-refractivity contribution in [1.29, 1.82) is 0 Å². The SMILES string of the molecule is COC(CN)CC(=O)N1CCCN(C(=O)c2cccc(F)c2)CC1.Cl. The van der Waals surface area contributed by atoms with Crippen molar-refractivity contribution in [3.63, 3.8) is 0 Å². The van der Waals surface area contributed by atoms with E-state index in [1.54, 1.807) is 15.9 Å². The van der Waals surface area contributed by atoms with E-state index in [9.17, 15) is 14.0 Å². The van der Waals surface area contributed by atoms with E-state index in [4.69, 9.17) is 10.5 Å². The molecular weight excluding hydrogens is 349 g/mol. The van der Waals surface area contributed by atoms with Gasteiger partial charge in [-0.15, -0.1) is 12.4 Å². The fraction of sp³-hybridized carbons (Fsp3) is 0.529. The van der Waals surface area contributed by atoms with E-state index in [0.717, 1.165) is 0 Å². The summed E-state index contributed by atoms with van der Waals surface area (Å²) in [6.07, 6.45) is 0.642. The molecule has 0 saturated carbocycles. The first kappa shape index (κ1) is 21.3. The van der Waals surface area contributed by atoms with E-state index in [1.165, 1.54) is 25.3 Å². The van der Waals surface area contributed by atoms with Gasteiger partial charge in [-0.3, -0.25) is 9.59 Å². The summed E-state index contributed by atoms with van der Waals surface area (Å²) in [6.45, 7) is 2.32. The largest absolute Gasteiger partial charge is 0.380 e. The van der Waals surface area contributed by atoms with E-state index < -0.39 is 5.82 Å². The van der Waals surface area contributed by atoms with Crippen molar-refractivity contribution in [2.45, 2.75) is 18.9 Å². The van der Waals surface area contributed by atoms with Crippen LogP contribution in [0.15, 0.2) is 24.3 Å². The van der Waals surface area contributed by atoms with Gasteiger partial charge in [-0.25, -0.2) is 4.39 Å². The molecule has 140 valence electrons. The van der Waals surface area contributed by atoms with Crippen LogP contribution in [-0.4, -0.2) is 67.6 Å². The third-order valence-corrected chi connectivity index (χ3v) is 4.21. The first-order valence-electron chi connectivity index (χ1n) is 8.10. The van der Waals surface area contributed by atoms with Crippen LogP contribution < -0.4 is 5.73 Å². The number of carbonyl (C=O) groups excluding carboxylic acids is 2. The number of nitrogens with zero attached hydrogens (tertiary/aromatic N) is 2. The smallest absolute Gasteiger partial charge is 0.254 e. The second-order valence-electron chi connectivity index (χ2n) is 5.83. The van der Waals surface area contributed by atoms with Crippen LogP contribution in [0.2, 0.25) is 0 Å². The van der Waals surface area contributed by atoms with Crippen LogP contribution in [0.4, 0.5) is 4.39 Å². The summed E-state index contributed by atoms with van der Waals surface area (Å²) >= 11 is 0. The second-order valence-corrected chi connectivity index (χ2v) is 5.83. The molecule has 1 aliphatic rings. The van der Waals surface area contributed by atoms with Gasteiger partial charge in [-0.1, -0.05) is 6.07 Å². The van der Waals surface area contributed by atoms with Crippen molar-refractivity contribution in [2.24, 2.45) is 5.73 Å². The zero-order chi connectivity index (χ0) is 17.5. The molecule has 1 atom stereocenters. The molecule has 6 nitrogen and oxygen atoms in total. The lowest BCUT2D eigenvalue weighted by molar-refractivity contribution is -0.133. The molecule has 2 N–H and O–H groups in total. The first-order chi connectivity index (χ1) is 11.5. The number of carbonyl (C=O) groups is 2. The average molecular weight is 374 g/mol. The number of nitrogens with two attached hydrogens (primary N) is 1. The summed E-state index contributed by atoms with van der Waals surface area (Å²) < 4.78 is 18.4. The van der Waals surface area contributed by atoms with Crippen LogP contribution in [0.3, 0.4) is 0 Å². The highest BCUT2D eigenvalue weighted by Crippen LogP contribution is 2.12. The Hall–Kier alpha value is -1.70. The molecule has 0 bridgehead atoms. The lowest BCUT2D eigenvalue weighted by Gasteiger charge is -2.23. The van der Waals surface area contributed by atoms with Gasteiger partial charge in [0.1, 0.15) is 5.82 Å². The van der Waals surface area contributed by atoms with Gasteiger partial charge in [0, 0.05) is 45.4 Å². The molecule has 1 unspecified atom stereocenters. The molecule has 2 amide bonds. The Bertz CT molecular complexity index is 584. The van der Waals surface area contributed by atoms with Gasteiger partial charge in [-0.05, 0) is 24.6 Å². The molecule has 0 radical (unpaired) electrons. The van der Waals surface area contributed by atoms with Gasteiger partial charge in [0.05, 0.1) is 12.5 Å². The summed E-state index contributed by atoms with van der Waals surface area (Å²) in [6, 6.07) is 5.67. The molecule has 1 aromatic carbocycles. The van der Waals surface area contributed by atoms with Crippen LogP contribution in [0, 0.1) is 5.82 Å². The van der Waals surface area contributed by atoms with Gasteiger partial charge in [0.25, 0.3) is 5.91 Å². The standard InChI is InChI=1S/C17H24FN3O3.ClH/c1-24-15(12-19)11-16(22)20-6-3-7-21(9-8-20)17(23)13-4-2-5-14(18)10-13;/h2,4-5,10,15H,3,6-9,11-12,19H2,1H3;1H. The van der Waals surface area contributed by atoms with Crippen LogP contribution in [0.1, 0.15) is 23.2 Å². The molecule has 1 aromatic rings. The summed E-state index contributed by atoms with van der Waals surface area (Å²) in [4.78, 5) is 28.2. The van der Waals surface area contributed by atoms with E-state index >= 15 is 0 Å². The quantitative estimate of drug-likeness (QED) is 0.843. The molecule has 8 heteroatoms. The fourth-order valence-corrected chi connectivity index (χ4v) is 2.76. The maximum absolute atomic E-state index is 13.3. The van der Waals surface area contributed by atoms with Crippen LogP contribution in [0.25, 0.3) is 0 Å². The Morgan fingerprint density at radius 3 is 2.56 bits per heavy atom. The average Bonchev–Trinajstić information content (AvgIpc) is 2.85. The number of methoxy groups -OCH3 is 1. The Morgan fingerprint density at radius 1 is 1.24 bits per heavy atom. The molecule has 1 fully saturated rings. The third-order valence-electron chi connectivity index (χ3n) is 4.21. The van der Waals surface area contributed by atoms with Gasteiger partial charge in [-0.2, -0.15) is 0 Å². The Balaban J connectivity index is 0.00000312. The minimum absolute atomic E-state index is 0. The van der Waals surface area contributed by atoms with Crippen molar-refractivity contribution < 1.29 is 18.7 Å². The van der Waals surface area contributed by atoms with Gasteiger partial charge in [0.15, 0.2) is 0 Å². The maximum atomic E-state index is 13.3. The minimum atomic E-state index is -0.431. The summed E-state index contributed by atoms with van der Waals surface area (Å²) in [7, 11) is 1.53. The van der Waals surface area contributed by atoms with E-state index in [0.29, 0.717) is 44.7 Å². The van der Waals surface area contributed by atoms with Gasteiger partial charge < -0.3 is 20.3 Å². The maximum Gasteiger partial charge on any atom is 0.254 e. The van der Waals surface area contributed by atoms with Crippen LogP contribution in [-0.2, 0) is 9.53 Å². The number of ether oxygens (including phenoxy) is 1. The van der Waals surface area contributed by atoms with Crippen molar-refractivity contribution >= 4 is 24.2 Å². The minimum Gasteiger partial charge on any atom is -0.380 e. The van der Waals surface area contributed by atoms with E-state index in [-0.39, 0.29) is 36.7 Å². The molecular formula is C17H25ClFN3O3. The number of rotatable bonds is 5. The van der Waals surface area contributed by atoms with Crippen molar-refractivity contribution in [1.82, 2.24) is 9.80 Å². The number of halogens is 2. The zero-order valence-corrected chi connectivity index (χ0v) is 15.1. The molecule has 1 saturated heterocycles. The highest BCUT2D eigenvalue weighted by atomic mass is 35.5. The normalized spacial score (nSPS) is 16.0. The third kappa shape index (κ3) is 5.95. The number of benzene rings is 1. The van der Waals surface area contributed by atoms with Crippen LogP contribution >= 0.6 is 12.4 Å². The Kier molecular flexibility index (Phi) is 8.82. The van der Waals surface area contributed by atoms with Crippen molar-refractivity contribution in [2.75, 3.05) is 39.8 Å². The second kappa shape index (κ2) is 10.3. The lowest BCUT2D eigenvalue weighted by Crippen LogP contribution is -2.39. The number of amides is 2. The van der Waals surface area contributed by atoms with Crippen LogP contribution in [0.5, 0.6) is 0 Å².